The average Bonchev–Trinajstić information content (AvgIpc) is 2.35. The highest BCUT2D eigenvalue weighted by atomic mass is 35.5. The minimum Gasteiger partial charge on any atom is -0.382 e. The fourth-order valence-electron chi connectivity index (χ4n) is 1.82. The van der Waals surface area contributed by atoms with Crippen molar-refractivity contribution in [1.82, 2.24) is 4.57 Å². The highest BCUT2D eigenvalue weighted by molar-refractivity contribution is 6.33. The van der Waals surface area contributed by atoms with Crippen molar-refractivity contribution >= 4 is 17.3 Å². The quantitative estimate of drug-likeness (QED) is 0.919. The Bertz CT molecular complexity index is 592. The van der Waals surface area contributed by atoms with Gasteiger partial charge in [0.1, 0.15) is 0 Å². The molecule has 18 heavy (non-hydrogen) atoms. The van der Waals surface area contributed by atoms with Crippen molar-refractivity contribution in [3.63, 3.8) is 0 Å². The van der Waals surface area contributed by atoms with Crippen molar-refractivity contribution in [2.75, 3.05) is 11.9 Å². The second-order valence-electron chi connectivity index (χ2n) is 4.06. The van der Waals surface area contributed by atoms with Crippen molar-refractivity contribution in [3.05, 3.63) is 63.5 Å². The molecular formula is C14H15ClN2O. The summed E-state index contributed by atoms with van der Waals surface area (Å²) in [6.07, 6.45) is 0. The second kappa shape index (κ2) is 5.74. The number of hydrogen-bond donors (Lipinski definition) is 1. The summed E-state index contributed by atoms with van der Waals surface area (Å²) < 4.78 is 1.74. The van der Waals surface area contributed by atoms with E-state index in [1.807, 2.05) is 37.3 Å². The van der Waals surface area contributed by atoms with Crippen LogP contribution in [0, 0.1) is 6.92 Å². The lowest BCUT2D eigenvalue weighted by molar-refractivity contribution is 0.675. The molecule has 0 fully saturated rings. The molecular weight excluding hydrogens is 248 g/mol. The number of pyridine rings is 1. The zero-order valence-electron chi connectivity index (χ0n) is 10.2. The SMILES string of the molecule is Cc1cccc(=O)n1CCNc1ccccc1Cl. The van der Waals surface area contributed by atoms with E-state index in [1.54, 1.807) is 16.7 Å². The van der Waals surface area contributed by atoms with Crippen LogP contribution in [0.1, 0.15) is 5.69 Å². The number of benzene rings is 1. The van der Waals surface area contributed by atoms with E-state index in [1.165, 1.54) is 0 Å². The monoisotopic (exact) mass is 262 g/mol. The zero-order chi connectivity index (χ0) is 13.0. The molecule has 0 bridgehead atoms. The number of nitrogens with zero attached hydrogens (tertiary/aromatic N) is 1. The summed E-state index contributed by atoms with van der Waals surface area (Å²) in [5.41, 5.74) is 1.88. The van der Waals surface area contributed by atoms with Gasteiger partial charge in [-0.3, -0.25) is 4.79 Å². The molecule has 0 aliphatic rings. The maximum atomic E-state index is 11.7. The standard InChI is InChI=1S/C14H15ClN2O/c1-11-5-4-8-14(18)17(11)10-9-16-13-7-3-2-6-12(13)15/h2-8,16H,9-10H2,1H3. The largest absolute Gasteiger partial charge is 0.382 e. The fraction of sp³-hybridized carbons (Fsp3) is 0.214. The van der Waals surface area contributed by atoms with E-state index in [2.05, 4.69) is 5.32 Å². The Kier molecular flexibility index (Phi) is 4.05. The third kappa shape index (κ3) is 2.93. The molecule has 0 saturated carbocycles. The van der Waals surface area contributed by atoms with Crippen LogP contribution < -0.4 is 10.9 Å². The van der Waals surface area contributed by atoms with Crippen LogP contribution >= 0.6 is 11.6 Å². The molecule has 0 spiro atoms. The number of nitrogens with one attached hydrogen (secondary N) is 1. The van der Waals surface area contributed by atoms with Crippen LogP contribution in [0.3, 0.4) is 0 Å². The molecule has 1 N–H and O–H groups in total. The highest BCUT2D eigenvalue weighted by Gasteiger charge is 2.00. The number of aromatic nitrogens is 1. The van der Waals surface area contributed by atoms with Crippen molar-refractivity contribution in [3.8, 4) is 0 Å². The van der Waals surface area contributed by atoms with Gasteiger partial charge in [0.15, 0.2) is 0 Å². The molecule has 0 aliphatic heterocycles. The van der Waals surface area contributed by atoms with Gasteiger partial charge in [0.2, 0.25) is 0 Å². The van der Waals surface area contributed by atoms with E-state index in [-0.39, 0.29) is 5.56 Å². The van der Waals surface area contributed by atoms with E-state index >= 15 is 0 Å². The molecule has 94 valence electrons. The van der Waals surface area contributed by atoms with E-state index in [0.717, 1.165) is 11.4 Å². The number of para-hydroxylation sites is 1. The van der Waals surface area contributed by atoms with Gasteiger partial charge in [-0.1, -0.05) is 29.8 Å². The first-order valence-electron chi connectivity index (χ1n) is 5.83. The van der Waals surface area contributed by atoms with Crippen molar-refractivity contribution in [2.45, 2.75) is 13.5 Å². The molecule has 1 aromatic carbocycles. The number of rotatable bonds is 4. The van der Waals surface area contributed by atoms with Gasteiger partial charge in [-0.15, -0.1) is 0 Å². The molecule has 3 nitrogen and oxygen atoms in total. The maximum Gasteiger partial charge on any atom is 0.250 e. The third-order valence-corrected chi connectivity index (χ3v) is 3.12. The van der Waals surface area contributed by atoms with E-state index < -0.39 is 0 Å². The van der Waals surface area contributed by atoms with Crippen molar-refractivity contribution in [2.24, 2.45) is 0 Å². The minimum atomic E-state index is 0.0240. The predicted octanol–water partition coefficient (Wildman–Crippen LogP) is 2.92. The summed E-state index contributed by atoms with van der Waals surface area (Å²) in [7, 11) is 0. The van der Waals surface area contributed by atoms with E-state index in [9.17, 15) is 4.79 Å². The van der Waals surface area contributed by atoms with Gasteiger partial charge >= 0.3 is 0 Å². The Balaban J connectivity index is 2.01. The van der Waals surface area contributed by atoms with Crippen LogP contribution in [0.5, 0.6) is 0 Å². The lowest BCUT2D eigenvalue weighted by Crippen LogP contribution is -2.24. The summed E-state index contributed by atoms with van der Waals surface area (Å²) in [6, 6.07) is 12.8. The summed E-state index contributed by atoms with van der Waals surface area (Å²) in [5.74, 6) is 0. The summed E-state index contributed by atoms with van der Waals surface area (Å²) >= 11 is 6.04. The van der Waals surface area contributed by atoms with Crippen LogP contribution in [-0.2, 0) is 6.54 Å². The second-order valence-corrected chi connectivity index (χ2v) is 4.47. The van der Waals surface area contributed by atoms with Crippen LogP contribution in [0.25, 0.3) is 0 Å². The molecule has 0 saturated heterocycles. The summed E-state index contributed by atoms with van der Waals surface area (Å²) in [5, 5.41) is 3.91. The average molecular weight is 263 g/mol. The van der Waals surface area contributed by atoms with Crippen LogP contribution in [0.15, 0.2) is 47.3 Å². The summed E-state index contributed by atoms with van der Waals surface area (Å²) in [4.78, 5) is 11.7. The molecule has 0 radical (unpaired) electrons. The topological polar surface area (TPSA) is 34.0 Å². The predicted molar refractivity (Wildman–Crippen MR) is 75.4 cm³/mol. The van der Waals surface area contributed by atoms with Crippen molar-refractivity contribution < 1.29 is 0 Å². The van der Waals surface area contributed by atoms with Crippen LogP contribution in [0.4, 0.5) is 5.69 Å². The van der Waals surface area contributed by atoms with Gasteiger partial charge in [-0.05, 0) is 25.1 Å². The Morgan fingerprint density at radius 3 is 2.67 bits per heavy atom. The third-order valence-electron chi connectivity index (χ3n) is 2.79. The Hall–Kier alpha value is -1.74. The number of aryl methyl sites for hydroxylation is 1. The molecule has 0 amide bonds. The Labute approximate surface area is 111 Å². The molecule has 0 atom stereocenters. The lowest BCUT2D eigenvalue weighted by Gasteiger charge is -2.11. The van der Waals surface area contributed by atoms with Gasteiger partial charge in [-0.2, -0.15) is 0 Å². The number of halogens is 1. The summed E-state index contributed by atoms with van der Waals surface area (Å²) in [6.45, 7) is 3.21. The lowest BCUT2D eigenvalue weighted by atomic mass is 10.3. The van der Waals surface area contributed by atoms with Gasteiger partial charge in [0.25, 0.3) is 5.56 Å². The van der Waals surface area contributed by atoms with Gasteiger partial charge in [-0.25, -0.2) is 0 Å². The molecule has 1 aromatic heterocycles. The fourth-order valence-corrected chi connectivity index (χ4v) is 2.02. The van der Waals surface area contributed by atoms with Crippen molar-refractivity contribution in [1.29, 1.82) is 0 Å². The first-order valence-corrected chi connectivity index (χ1v) is 6.21. The molecule has 4 heteroatoms. The normalized spacial score (nSPS) is 10.3. The van der Waals surface area contributed by atoms with Gasteiger partial charge in [0, 0.05) is 24.8 Å². The molecule has 2 aromatic rings. The molecule has 1 heterocycles. The minimum absolute atomic E-state index is 0.0240. The Morgan fingerprint density at radius 2 is 1.94 bits per heavy atom. The smallest absolute Gasteiger partial charge is 0.250 e. The molecule has 0 unspecified atom stereocenters. The highest BCUT2D eigenvalue weighted by Crippen LogP contribution is 2.19. The first-order chi connectivity index (χ1) is 8.68. The van der Waals surface area contributed by atoms with E-state index in [4.69, 9.17) is 11.6 Å². The number of hydrogen-bond acceptors (Lipinski definition) is 2. The van der Waals surface area contributed by atoms with E-state index in [0.29, 0.717) is 18.1 Å². The maximum absolute atomic E-state index is 11.7. The molecule has 2 rings (SSSR count). The zero-order valence-corrected chi connectivity index (χ0v) is 10.9. The van der Waals surface area contributed by atoms with Gasteiger partial charge < -0.3 is 9.88 Å². The van der Waals surface area contributed by atoms with Crippen LogP contribution in [0.2, 0.25) is 5.02 Å². The Morgan fingerprint density at radius 1 is 1.17 bits per heavy atom. The molecule has 0 aliphatic carbocycles. The van der Waals surface area contributed by atoms with Crippen LogP contribution in [-0.4, -0.2) is 11.1 Å². The van der Waals surface area contributed by atoms with Gasteiger partial charge in [0.05, 0.1) is 10.7 Å². The first kappa shape index (κ1) is 12.7. The number of anilines is 1.